The van der Waals surface area contributed by atoms with Crippen LogP contribution in [0.1, 0.15) is 24.1 Å². The highest BCUT2D eigenvalue weighted by Gasteiger charge is 2.07. The third kappa shape index (κ3) is 2.65. The average molecular weight is 235 g/mol. The Bertz CT molecular complexity index is 437. The quantitative estimate of drug-likeness (QED) is 0.833. The standard InChI is InChI=1S/C13H15ClN2/c1-10(12-4-2-3-5-13(12)14)16-9-11-6-7-15-8-11/h2-8,10,15-16H,9H2,1H3. The van der Waals surface area contributed by atoms with Crippen molar-refractivity contribution in [2.24, 2.45) is 0 Å². The van der Waals surface area contributed by atoms with E-state index in [2.05, 4.69) is 29.4 Å². The van der Waals surface area contributed by atoms with E-state index >= 15 is 0 Å². The predicted octanol–water partition coefficient (Wildman–Crippen LogP) is 3.52. The monoisotopic (exact) mass is 234 g/mol. The average Bonchev–Trinajstić information content (AvgIpc) is 2.79. The van der Waals surface area contributed by atoms with Crippen LogP contribution < -0.4 is 5.32 Å². The van der Waals surface area contributed by atoms with Crippen LogP contribution in [0.2, 0.25) is 5.02 Å². The van der Waals surface area contributed by atoms with Gasteiger partial charge in [0.25, 0.3) is 0 Å². The second-order valence-electron chi connectivity index (χ2n) is 3.84. The van der Waals surface area contributed by atoms with Crippen molar-refractivity contribution in [3.8, 4) is 0 Å². The van der Waals surface area contributed by atoms with Crippen LogP contribution in [0.3, 0.4) is 0 Å². The van der Waals surface area contributed by atoms with E-state index in [0.29, 0.717) is 0 Å². The molecule has 2 aromatic rings. The Hall–Kier alpha value is -1.25. The lowest BCUT2D eigenvalue weighted by atomic mass is 10.1. The van der Waals surface area contributed by atoms with Crippen LogP contribution in [0.15, 0.2) is 42.7 Å². The van der Waals surface area contributed by atoms with Gasteiger partial charge >= 0.3 is 0 Å². The van der Waals surface area contributed by atoms with Gasteiger partial charge in [-0.15, -0.1) is 0 Å². The van der Waals surface area contributed by atoms with Crippen LogP contribution in [0.4, 0.5) is 0 Å². The molecule has 1 aromatic heterocycles. The minimum Gasteiger partial charge on any atom is -0.367 e. The van der Waals surface area contributed by atoms with Crippen molar-refractivity contribution >= 4 is 11.6 Å². The van der Waals surface area contributed by atoms with E-state index < -0.39 is 0 Å². The number of halogens is 1. The largest absolute Gasteiger partial charge is 0.367 e. The fourth-order valence-electron chi connectivity index (χ4n) is 1.68. The molecule has 16 heavy (non-hydrogen) atoms. The SMILES string of the molecule is CC(NCc1cc[nH]c1)c1ccccc1Cl. The highest BCUT2D eigenvalue weighted by Crippen LogP contribution is 2.22. The Balaban J connectivity index is 1.98. The van der Waals surface area contributed by atoms with Gasteiger partial charge in [0.05, 0.1) is 0 Å². The number of hydrogen-bond donors (Lipinski definition) is 2. The van der Waals surface area contributed by atoms with Crippen LogP contribution in [0.5, 0.6) is 0 Å². The van der Waals surface area contributed by atoms with Gasteiger partial charge in [-0.05, 0) is 30.2 Å². The van der Waals surface area contributed by atoms with Gasteiger partial charge in [-0.1, -0.05) is 29.8 Å². The van der Waals surface area contributed by atoms with E-state index in [9.17, 15) is 0 Å². The van der Waals surface area contributed by atoms with E-state index in [0.717, 1.165) is 17.1 Å². The lowest BCUT2D eigenvalue weighted by Crippen LogP contribution is -2.18. The van der Waals surface area contributed by atoms with Gasteiger partial charge in [-0.3, -0.25) is 0 Å². The van der Waals surface area contributed by atoms with E-state index in [1.165, 1.54) is 5.56 Å². The summed E-state index contributed by atoms with van der Waals surface area (Å²) in [5.74, 6) is 0. The molecule has 0 bridgehead atoms. The fraction of sp³-hybridized carbons (Fsp3) is 0.231. The molecule has 0 radical (unpaired) electrons. The molecule has 0 fully saturated rings. The first-order valence-electron chi connectivity index (χ1n) is 5.37. The number of hydrogen-bond acceptors (Lipinski definition) is 1. The zero-order valence-corrected chi connectivity index (χ0v) is 9.96. The normalized spacial score (nSPS) is 12.6. The minimum atomic E-state index is 0.253. The van der Waals surface area contributed by atoms with Crippen molar-refractivity contribution in [3.05, 3.63) is 58.9 Å². The molecule has 1 atom stereocenters. The first-order valence-corrected chi connectivity index (χ1v) is 5.74. The molecular formula is C13H15ClN2. The summed E-state index contributed by atoms with van der Waals surface area (Å²) < 4.78 is 0. The van der Waals surface area contributed by atoms with Crippen LogP contribution in [-0.2, 0) is 6.54 Å². The molecule has 2 N–H and O–H groups in total. The van der Waals surface area contributed by atoms with E-state index in [1.54, 1.807) is 0 Å². The molecule has 0 amide bonds. The van der Waals surface area contributed by atoms with E-state index in [-0.39, 0.29) is 6.04 Å². The molecule has 0 saturated carbocycles. The lowest BCUT2D eigenvalue weighted by Gasteiger charge is -2.15. The van der Waals surface area contributed by atoms with Crippen LogP contribution in [0.25, 0.3) is 0 Å². The Morgan fingerprint density at radius 2 is 2.12 bits per heavy atom. The lowest BCUT2D eigenvalue weighted by molar-refractivity contribution is 0.575. The zero-order chi connectivity index (χ0) is 11.4. The molecular weight excluding hydrogens is 220 g/mol. The second kappa shape index (κ2) is 5.19. The maximum Gasteiger partial charge on any atom is 0.0453 e. The Kier molecular flexibility index (Phi) is 3.65. The summed E-state index contributed by atoms with van der Waals surface area (Å²) in [5.41, 5.74) is 2.39. The summed E-state index contributed by atoms with van der Waals surface area (Å²) in [5, 5.41) is 4.25. The molecule has 84 valence electrons. The van der Waals surface area contributed by atoms with Gasteiger partial charge in [0.2, 0.25) is 0 Å². The maximum atomic E-state index is 6.13. The highest BCUT2D eigenvalue weighted by molar-refractivity contribution is 6.31. The van der Waals surface area contributed by atoms with E-state index in [4.69, 9.17) is 11.6 Å². The summed E-state index contributed by atoms with van der Waals surface area (Å²) in [6.07, 6.45) is 3.92. The Morgan fingerprint density at radius 1 is 1.31 bits per heavy atom. The molecule has 1 unspecified atom stereocenters. The summed E-state index contributed by atoms with van der Waals surface area (Å²) in [4.78, 5) is 3.04. The van der Waals surface area contributed by atoms with Gasteiger partial charge in [-0.25, -0.2) is 0 Å². The van der Waals surface area contributed by atoms with Gasteiger partial charge in [0.15, 0.2) is 0 Å². The van der Waals surface area contributed by atoms with Gasteiger partial charge in [0.1, 0.15) is 0 Å². The molecule has 2 rings (SSSR count). The van der Waals surface area contributed by atoms with Crippen molar-refractivity contribution in [2.45, 2.75) is 19.5 Å². The Morgan fingerprint density at radius 3 is 2.81 bits per heavy atom. The summed E-state index contributed by atoms with van der Waals surface area (Å²) >= 11 is 6.13. The van der Waals surface area contributed by atoms with Crippen LogP contribution in [0, 0.1) is 0 Å². The van der Waals surface area contributed by atoms with Crippen molar-refractivity contribution < 1.29 is 0 Å². The van der Waals surface area contributed by atoms with Crippen molar-refractivity contribution in [1.29, 1.82) is 0 Å². The molecule has 0 saturated heterocycles. The number of benzene rings is 1. The molecule has 1 heterocycles. The molecule has 0 aliphatic heterocycles. The van der Waals surface area contributed by atoms with Crippen LogP contribution in [-0.4, -0.2) is 4.98 Å². The molecule has 3 heteroatoms. The van der Waals surface area contributed by atoms with Crippen molar-refractivity contribution in [3.63, 3.8) is 0 Å². The van der Waals surface area contributed by atoms with Crippen molar-refractivity contribution in [2.75, 3.05) is 0 Å². The van der Waals surface area contributed by atoms with Gasteiger partial charge in [-0.2, -0.15) is 0 Å². The van der Waals surface area contributed by atoms with Gasteiger partial charge < -0.3 is 10.3 Å². The number of aromatic amines is 1. The zero-order valence-electron chi connectivity index (χ0n) is 9.20. The van der Waals surface area contributed by atoms with Gasteiger partial charge in [0, 0.05) is 30.0 Å². The molecule has 2 nitrogen and oxygen atoms in total. The van der Waals surface area contributed by atoms with Crippen LogP contribution >= 0.6 is 11.6 Å². The topological polar surface area (TPSA) is 27.8 Å². The molecule has 1 aromatic carbocycles. The fourth-order valence-corrected chi connectivity index (χ4v) is 1.97. The molecule has 0 spiro atoms. The number of rotatable bonds is 4. The number of aromatic nitrogens is 1. The highest BCUT2D eigenvalue weighted by atomic mass is 35.5. The molecule has 0 aliphatic carbocycles. The smallest absolute Gasteiger partial charge is 0.0453 e. The summed E-state index contributed by atoms with van der Waals surface area (Å²) in [6, 6.07) is 10.2. The maximum absolute atomic E-state index is 6.13. The molecule has 0 aliphatic rings. The third-order valence-electron chi connectivity index (χ3n) is 2.65. The predicted molar refractivity (Wildman–Crippen MR) is 67.5 cm³/mol. The number of nitrogens with one attached hydrogen (secondary N) is 2. The first kappa shape index (κ1) is 11.2. The van der Waals surface area contributed by atoms with E-state index in [1.807, 2.05) is 30.6 Å². The third-order valence-corrected chi connectivity index (χ3v) is 2.99. The first-order chi connectivity index (χ1) is 7.77. The Labute approximate surface area is 101 Å². The number of H-pyrrole nitrogens is 1. The minimum absolute atomic E-state index is 0.253. The summed E-state index contributed by atoms with van der Waals surface area (Å²) in [7, 11) is 0. The second-order valence-corrected chi connectivity index (χ2v) is 4.25. The van der Waals surface area contributed by atoms with Crippen molar-refractivity contribution in [1.82, 2.24) is 10.3 Å². The summed E-state index contributed by atoms with van der Waals surface area (Å²) in [6.45, 7) is 2.96.